The number of aromatic nitrogens is 4. The molecular weight excluding hydrogens is 318 g/mol. The molecule has 1 aliphatic heterocycles. The topological polar surface area (TPSA) is 81.9 Å². The van der Waals surface area contributed by atoms with E-state index < -0.39 is 0 Å². The highest BCUT2D eigenvalue weighted by Gasteiger charge is 2.21. The van der Waals surface area contributed by atoms with Crippen LogP contribution in [0.15, 0.2) is 36.8 Å². The van der Waals surface area contributed by atoms with E-state index in [-0.39, 0.29) is 11.8 Å². The van der Waals surface area contributed by atoms with Gasteiger partial charge in [0, 0.05) is 55.6 Å². The molecule has 7 nitrogen and oxygen atoms in total. The van der Waals surface area contributed by atoms with Crippen LogP contribution in [-0.4, -0.2) is 38.9 Å². The Morgan fingerprint density at radius 3 is 2.88 bits per heavy atom. The Labute approximate surface area is 145 Å². The summed E-state index contributed by atoms with van der Waals surface area (Å²) in [6, 6.07) is 5.73. The quantitative estimate of drug-likeness (QED) is 0.793. The van der Waals surface area contributed by atoms with Gasteiger partial charge in [-0.1, -0.05) is 0 Å². The van der Waals surface area contributed by atoms with E-state index in [4.69, 9.17) is 4.74 Å². The molecule has 1 amide bonds. The molecule has 1 N–H and O–H groups in total. The maximum Gasteiger partial charge on any atom is 0.228 e. The Hall–Kier alpha value is -2.80. The van der Waals surface area contributed by atoms with Crippen LogP contribution in [0.3, 0.4) is 0 Å². The maximum absolute atomic E-state index is 12.4. The molecule has 25 heavy (non-hydrogen) atoms. The third kappa shape index (κ3) is 3.36. The number of ether oxygens (including phenoxy) is 1. The highest BCUT2D eigenvalue weighted by atomic mass is 16.5. The molecular formula is C18H19N5O2. The summed E-state index contributed by atoms with van der Waals surface area (Å²) in [5.41, 5.74) is 2.58. The normalized spacial score (nSPS) is 15.4. The minimum atomic E-state index is -0.0130. The molecule has 3 aromatic heterocycles. The molecule has 0 unspecified atom stereocenters. The lowest BCUT2D eigenvalue weighted by Crippen LogP contribution is -2.28. The number of hydrogen-bond donors (Lipinski definition) is 1. The fourth-order valence-electron chi connectivity index (χ4n) is 2.99. The zero-order chi connectivity index (χ0) is 17.2. The number of anilines is 1. The van der Waals surface area contributed by atoms with Gasteiger partial charge in [-0.2, -0.15) is 5.10 Å². The number of amides is 1. The zero-order valence-corrected chi connectivity index (χ0v) is 14.0. The highest BCUT2D eigenvalue weighted by molar-refractivity contribution is 5.93. The van der Waals surface area contributed by atoms with Gasteiger partial charge in [-0.25, -0.2) is 9.97 Å². The Bertz CT molecular complexity index is 915. The first-order chi connectivity index (χ1) is 12.2. The van der Waals surface area contributed by atoms with Gasteiger partial charge in [-0.05, 0) is 25.0 Å². The van der Waals surface area contributed by atoms with Crippen LogP contribution in [0, 0.1) is 5.92 Å². The fraction of sp³-hybridized carbons (Fsp3) is 0.333. The number of rotatable bonds is 3. The third-order valence-corrected chi connectivity index (χ3v) is 4.42. The molecule has 0 saturated carbocycles. The molecule has 1 aliphatic rings. The van der Waals surface area contributed by atoms with E-state index >= 15 is 0 Å². The lowest BCUT2D eigenvalue weighted by molar-refractivity contribution is -0.122. The average molecular weight is 337 g/mol. The molecule has 0 spiro atoms. The van der Waals surface area contributed by atoms with Gasteiger partial charge in [0.2, 0.25) is 5.91 Å². The average Bonchev–Trinajstić information content (AvgIpc) is 3.08. The monoisotopic (exact) mass is 337 g/mol. The predicted molar refractivity (Wildman–Crippen MR) is 93.9 cm³/mol. The second-order valence-corrected chi connectivity index (χ2v) is 6.24. The Morgan fingerprint density at radius 2 is 2.12 bits per heavy atom. The van der Waals surface area contributed by atoms with E-state index in [2.05, 4.69) is 20.4 Å². The third-order valence-electron chi connectivity index (χ3n) is 4.42. The van der Waals surface area contributed by atoms with Crippen molar-refractivity contribution in [1.82, 2.24) is 19.7 Å². The Kier molecular flexibility index (Phi) is 4.15. The van der Waals surface area contributed by atoms with Gasteiger partial charge in [-0.3, -0.25) is 9.48 Å². The van der Waals surface area contributed by atoms with Crippen molar-refractivity contribution < 1.29 is 9.53 Å². The lowest BCUT2D eigenvalue weighted by Gasteiger charge is -2.20. The first-order valence-electron chi connectivity index (χ1n) is 8.33. The zero-order valence-electron chi connectivity index (χ0n) is 14.0. The number of carbonyl (C=O) groups is 1. The van der Waals surface area contributed by atoms with Crippen LogP contribution < -0.4 is 5.32 Å². The van der Waals surface area contributed by atoms with E-state index in [1.165, 1.54) is 0 Å². The molecule has 0 bridgehead atoms. The number of hydrogen-bond acceptors (Lipinski definition) is 5. The van der Waals surface area contributed by atoms with Gasteiger partial charge in [-0.15, -0.1) is 0 Å². The standard InChI is InChI=1S/C18H19N5O2/c1-23-11-14(10-20-23)15-3-2-13-9-19-17(8-16(13)21-15)22-18(24)12-4-6-25-7-5-12/h2-3,8-12H,4-7H2,1H3,(H,19,22,24). The molecule has 128 valence electrons. The van der Waals surface area contributed by atoms with E-state index in [1.54, 1.807) is 17.1 Å². The van der Waals surface area contributed by atoms with Gasteiger partial charge in [0.15, 0.2) is 0 Å². The number of carbonyl (C=O) groups excluding carboxylic acids is 1. The summed E-state index contributed by atoms with van der Waals surface area (Å²) < 4.78 is 7.05. The summed E-state index contributed by atoms with van der Waals surface area (Å²) in [7, 11) is 1.87. The van der Waals surface area contributed by atoms with Crippen LogP contribution in [0.1, 0.15) is 12.8 Å². The number of pyridine rings is 2. The highest BCUT2D eigenvalue weighted by Crippen LogP contribution is 2.22. The van der Waals surface area contributed by atoms with Crippen LogP contribution in [0.2, 0.25) is 0 Å². The van der Waals surface area contributed by atoms with Crippen molar-refractivity contribution in [3.63, 3.8) is 0 Å². The molecule has 3 aromatic rings. The van der Waals surface area contributed by atoms with Crippen molar-refractivity contribution in [1.29, 1.82) is 0 Å². The molecule has 4 rings (SSSR count). The Morgan fingerprint density at radius 1 is 1.28 bits per heavy atom. The van der Waals surface area contributed by atoms with Crippen molar-refractivity contribution in [3.05, 3.63) is 36.8 Å². The van der Waals surface area contributed by atoms with Crippen molar-refractivity contribution in [2.45, 2.75) is 12.8 Å². The Balaban J connectivity index is 1.59. The molecule has 4 heterocycles. The molecule has 1 saturated heterocycles. The van der Waals surface area contributed by atoms with E-state index in [0.717, 1.165) is 35.0 Å². The van der Waals surface area contributed by atoms with Crippen LogP contribution in [-0.2, 0) is 16.6 Å². The smallest absolute Gasteiger partial charge is 0.228 e. The SMILES string of the molecule is Cn1cc(-c2ccc3cnc(NC(=O)C4CCOCC4)cc3n2)cn1. The van der Waals surface area contributed by atoms with Crippen LogP contribution in [0.25, 0.3) is 22.2 Å². The maximum atomic E-state index is 12.4. The summed E-state index contributed by atoms with van der Waals surface area (Å²) in [4.78, 5) is 21.4. The van der Waals surface area contributed by atoms with Crippen molar-refractivity contribution >= 4 is 22.6 Å². The summed E-state index contributed by atoms with van der Waals surface area (Å²) >= 11 is 0. The summed E-state index contributed by atoms with van der Waals surface area (Å²) in [6.07, 6.45) is 6.94. The van der Waals surface area contributed by atoms with Crippen molar-refractivity contribution in [3.8, 4) is 11.3 Å². The van der Waals surface area contributed by atoms with E-state index in [9.17, 15) is 4.79 Å². The van der Waals surface area contributed by atoms with Crippen molar-refractivity contribution in [2.24, 2.45) is 13.0 Å². The molecule has 0 atom stereocenters. The number of nitrogens with one attached hydrogen (secondary N) is 1. The van der Waals surface area contributed by atoms with Crippen LogP contribution >= 0.6 is 0 Å². The second-order valence-electron chi connectivity index (χ2n) is 6.24. The minimum Gasteiger partial charge on any atom is -0.381 e. The van der Waals surface area contributed by atoms with E-state index in [0.29, 0.717) is 19.0 Å². The molecule has 7 heteroatoms. The summed E-state index contributed by atoms with van der Waals surface area (Å²) in [5.74, 6) is 0.513. The minimum absolute atomic E-state index is 0.00133. The summed E-state index contributed by atoms with van der Waals surface area (Å²) in [6.45, 7) is 1.28. The number of fused-ring (bicyclic) bond motifs is 1. The lowest BCUT2D eigenvalue weighted by atomic mass is 9.99. The number of nitrogens with zero attached hydrogens (tertiary/aromatic N) is 4. The van der Waals surface area contributed by atoms with E-state index in [1.807, 2.05) is 31.4 Å². The second kappa shape index (κ2) is 6.60. The van der Waals surface area contributed by atoms with Crippen LogP contribution in [0.5, 0.6) is 0 Å². The molecule has 1 fully saturated rings. The van der Waals surface area contributed by atoms with Gasteiger partial charge in [0.1, 0.15) is 5.82 Å². The molecule has 0 radical (unpaired) electrons. The summed E-state index contributed by atoms with van der Waals surface area (Å²) in [5, 5.41) is 8.01. The molecule has 0 aromatic carbocycles. The van der Waals surface area contributed by atoms with Gasteiger partial charge in [0.05, 0.1) is 17.4 Å². The first kappa shape index (κ1) is 15.7. The van der Waals surface area contributed by atoms with Gasteiger partial charge in [0.25, 0.3) is 0 Å². The fourth-order valence-corrected chi connectivity index (χ4v) is 2.99. The predicted octanol–water partition coefficient (Wildman–Crippen LogP) is 2.40. The van der Waals surface area contributed by atoms with Gasteiger partial charge < -0.3 is 10.1 Å². The first-order valence-corrected chi connectivity index (χ1v) is 8.33. The van der Waals surface area contributed by atoms with Crippen LogP contribution in [0.4, 0.5) is 5.82 Å². The number of aryl methyl sites for hydroxylation is 1. The van der Waals surface area contributed by atoms with Crippen molar-refractivity contribution in [2.75, 3.05) is 18.5 Å². The largest absolute Gasteiger partial charge is 0.381 e. The van der Waals surface area contributed by atoms with Gasteiger partial charge >= 0.3 is 0 Å². The molecule has 0 aliphatic carbocycles.